The standard InChI is InChI=1S/C22H20F2N2O3/c1-25-6-7-26-12-15(22(27)28-2)10-19(26)21-18(25)4-3-5-20(21)29-13-14-8-16(23)11-17(24)9-14/h3-5,8-12H,6-7,13H2,1-2H3. The normalized spacial score (nSPS) is 12.8. The van der Waals surface area contributed by atoms with E-state index in [0.29, 0.717) is 23.4 Å². The van der Waals surface area contributed by atoms with Gasteiger partial charge in [0, 0.05) is 38.1 Å². The van der Waals surface area contributed by atoms with Crippen LogP contribution in [0.15, 0.2) is 48.7 Å². The van der Waals surface area contributed by atoms with E-state index < -0.39 is 17.6 Å². The summed E-state index contributed by atoms with van der Waals surface area (Å²) in [5.41, 5.74) is 3.44. The maximum Gasteiger partial charge on any atom is 0.339 e. The summed E-state index contributed by atoms with van der Waals surface area (Å²) in [5, 5.41) is 0. The second-order valence-electron chi connectivity index (χ2n) is 6.94. The number of rotatable bonds is 4. The number of carbonyl (C=O) groups is 1. The van der Waals surface area contributed by atoms with Crippen molar-refractivity contribution in [3.63, 3.8) is 0 Å². The summed E-state index contributed by atoms with van der Waals surface area (Å²) in [6.07, 6.45) is 1.77. The van der Waals surface area contributed by atoms with E-state index in [4.69, 9.17) is 9.47 Å². The van der Waals surface area contributed by atoms with E-state index in [1.807, 2.05) is 29.8 Å². The fourth-order valence-corrected chi connectivity index (χ4v) is 3.58. The van der Waals surface area contributed by atoms with Gasteiger partial charge in [-0.3, -0.25) is 0 Å². The molecule has 2 aromatic carbocycles. The number of likely N-dealkylation sites (N-methyl/N-ethyl adjacent to an activating group) is 1. The summed E-state index contributed by atoms with van der Waals surface area (Å²) in [6.45, 7) is 1.44. The average molecular weight is 398 g/mol. The minimum Gasteiger partial charge on any atom is -0.488 e. The Balaban J connectivity index is 1.75. The van der Waals surface area contributed by atoms with Crippen molar-refractivity contribution >= 4 is 11.7 Å². The zero-order chi connectivity index (χ0) is 20.5. The third-order valence-electron chi connectivity index (χ3n) is 4.98. The second kappa shape index (κ2) is 7.58. The maximum atomic E-state index is 13.5. The summed E-state index contributed by atoms with van der Waals surface area (Å²) in [5.74, 6) is -1.13. The van der Waals surface area contributed by atoms with Crippen molar-refractivity contribution in [3.05, 3.63) is 71.4 Å². The highest BCUT2D eigenvalue weighted by molar-refractivity contribution is 5.93. The summed E-state index contributed by atoms with van der Waals surface area (Å²) in [7, 11) is 3.33. The fraction of sp³-hybridized carbons (Fsp3) is 0.227. The number of halogens is 2. The molecular weight excluding hydrogens is 378 g/mol. The number of nitrogens with zero attached hydrogens (tertiary/aromatic N) is 2. The number of benzene rings is 2. The molecule has 1 aliphatic rings. The second-order valence-corrected chi connectivity index (χ2v) is 6.94. The molecule has 0 bridgehead atoms. The molecule has 0 saturated carbocycles. The molecular formula is C22H20F2N2O3. The number of hydrogen-bond acceptors (Lipinski definition) is 4. The number of aromatic nitrogens is 1. The van der Waals surface area contributed by atoms with Crippen molar-refractivity contribution in [1.29, 1.82) is 0 Å². The monoisotopic (exact) mass is 398 g/mol. The molecule has 0 amide bonds. The molecule has 3 aromatic rings. The van der Waals surface area contributed by atoms with Crippen LogP contribution in [0.3, 0.4) is 0 Å². The minimum atomic E-state index is -0.646. The van der Waals surface area contributed by atoms with Gasteiger partial charge in [-0.15, -0.1) is 0 Å². The van der Waals surface area contributed by atoms with Gasteiger partial charge in [0.2, 0.25) is 0 Å². The van der Waals surface area contributed by atoms with Gasteiger partial charge in [0.15, 0.2) is 0 Å². The Morgan fingerprint density at radius 3 is 2.59 bits per heavy atom. The first-order valence-electron chi connectivity index (χ1n) is 9.17. The van der Waals surface area contributed by atoms with Gasteiger partial charge < -0.3 is 18.9 Å². The van der Waals surface area contributed by atoms with Gasteiger partial charge >= 0.3 is 5.97 Å². The van der Waals surface area contributed by atoms with Crippen molar-refractivity contribution in [2.24, 2.45) is 0 Å². The largest absolute Gasteiger partial charge is 0.488 e. The number of hydrogen-bond donors (Lipinski definition) is 0. The van der Waals surface area contributed by atoms with Crippen molar-refractivity contribution in [1.82, 2.24) is 4.57 Å². The van der Waals surface area contributed by atoms with Gasteiger partial charge in [-0.05, 0) is 35.9 Å². The van der Waals surface area contributed by atoms with Crippen molar-refractivity contribution < 1.29 is 23.0 Å². The highest BCUT2D eigenvalue weighted by Gasteiger charge is 2.24. The third-order valence-corrected chi connectivity index (χ3v) is 4.98. The molecule has 5 nitrogen and oxygen atoms in total. The SMILES string of the molecule is COC(=O)c1cc2n(c1)CCN(C)c1cccc(OCc3cc(F)cc(F)c3)c1-2. The molecule has 0 aliphatic carbocycles. The van der Waals surface area contributed by atoms with Crippen LogP contribution in [0.5, 0.6) is 5.75 Å². The van der Waals surface area contributed by atoms with Gasteiger partial charge in [0.25, 0.3) is 0 Å². The van der Waals surface area contributed by atoms with E-state index in [-0.39, 0.29) is 6.61 Å². The zero-order valence-electron chi connectivity index (χ0n) is 16.1. The van der Waals surface area contributed by atoms with Crippen LogP contribution in [0, 0.1) is 11.6 Å². The van der Waals surface area contributed by atoms with E-state index in [1.165, 1.54) is 19.2 Å². The predicted molar refractivity (Wildman–Crippen MR) is 105 cm³/mol. The number of methoxy groups -OCH3 is 1. The Kier molecular flexibility index (Phi) is 4.96. The molecule has 0 radical (unpaired) electrons. The first-order valence-corrected chi connectivity index (χ1v) is 9.17. The molecule has 1 aromatic heterocycles. The van der Waals surface area contributed by atoms with Gasteiger partial charge in [0.05, 0.1) is 23.9 Å². The average Bonchev–Trinajstić information content (AvgIpc) is 3.07. The van der Waals surface area contributed by atoms with Crippen LogP contribution < -0.4 is 9.64 Å². The van der Waals surface area contributed by atoms with Crippen LogP contribution in [0.4, 0.5) is 14.5 Å². The summed E-state index contributed by atoms with van der Waals surface area (Å²) < 4.78 is 39.8. The molecule has 0 fully saturated rings. The molecule has 150 valence electrons. The Bertz CT molecular complexity index is 1060. The topological polar surface area (TPSA) is 43.7 Å². The van der Waals surface area contributed by atoms with E-state index in [9.17, 15) is 13.6 Å². The number of anilines is 1. The molecule has 7 heteroatoms. The molecule has 2 heterocycles. The summed E-state index contributed by atoms with van der Waals surface area (Å²) >= 11 is 0. The van der Waals surface area contributed by atoms with Crippen molar-refractivity contribution in [2.45, 2.75) is 13.2 Å². The quantitative estimate of drug-likeness (QED) is 0.617. The number of fused-ring (bicyclic) bond motifs is 3. The Hall–Kier alpha value is -3.35. The minimum absolute atomic E-state index is 0.0133. The van der Waals surface area contributed by atoms with Gasteiger partial charge in [-0.2, -0.15) is 0 Å². The Morgan fingerprint density at radius 2 is 1.86 bits per heavy atom. The Labute approximate surface area is 167 Å². The zero-order valence-corrected chi connectivity index (χ0v) is 16.1. The van der Waals surface area contributed by atoms with Crippen LogP contribution in [0.1, 0.15) is 15.9 Å². The molecule has 0 unspecified atom stereocenters. The van der Waals surface area contributed by atoms with Gasteiger partial charge in [-0.1, -0.05) is 6.07 Å². The van der Waals surface area contributed by atoms with Gasteiger partial charge in [0.1, 0.15) is 24.0 Å². The lowest BCUT2D eigenvalue weighted by Crippen LogP contribution is -2.20. The van der Waals surface area contributed by atoms with Crippen LogP contribution in [-0.2, 0) is 17.9 Å². The van der Waals surface area contributed by atoms with Crippen LogP contribution >= 0.6 is 0 Å². The van der Waals surface area contributed by atoms with Gasteiger partial charge in [-0.25, -0.2) is 13.6 Å². The molecule has 29 heavy (non-hydrogen) atoms. The third kappa shape index (κ3) is 3.68. The smallest absolute Gasteiger partial charge is 0.339 e. The maximum absolute atomic E-state index is 13.5. The first-order chi connectivity index (χ1) is 14.0. The summed E-state index contributed by atoms with van der Waals surface area (Å²) in [6, 6.07) is 10.8. The summed E-state index contributed by atoms with van der Waals surface area (Å²) in [4.78, 5) is 14.1. The van der Waals surface area contributed by atoms with Crippen molar-refractivity contribution in [3.8, 4) is 17.0 Å². The van der Waals surface area contributed by atoms with E-state index in [1.54, 1.807) is 12.3 Å². The van der Waals surface area contributed by atoms with Crippen LogP contribution in [0.25, 0.3) is 11.3 Å². The molecule has 1 aliphatic heterocycles. The number of ether oxygens (including phenoxy) is 2. The van der Waals surface area contributed by atoms with E-state index in [0.717, 1.165) is 29.6 Å². The van der Waals surface area contributed by atoms with Crippen molar-refractivity contribution in [2.75, 3.05) is 25.6 Å². The van der Waals surface area contributed by atoms with E-state index in [2.05, 4.69) is 4.90 Å². The highest BCUT2D eigenvalue weighted by Crippen LogP contribution is 2.41. The fourth-order valence-electron chi connectivity index (χ4n) is 3.58. The Morgan fingerprint density at radius 1 is 1.10 bits per heavy atom. The lowest BCUT2D eigenvalue weighted by atomic mass is 10.1. The highest BCUT2D eigenvalue weighted by atomic mass is 19.1. The number of esters is 1. The molecule has 0 saturated heterocycles. The number of carbonyl (C=O) groups excluding carboxylic acids is 1. The van der Waals surface area contributed by atoms with E-state index >= 15 is 0 Å². The molecule has 0 N–H and O–H groups in total. The van der Waals surface area contributed by atoms with Crippen LogP contribution in [0.2, 0.25) is 0 Å². The predicted octanol–water partition coefficient (Wildman–Crippen LogP) is 4.25. The lowest BCUT2D eigenvalue weighted by molar-refractivity contribution is 0.0600. The molecule has 4 rings (SSSR count). The first kappa shape index (κ1) is 19.0. The molecule has 0 spiro atoms. The molecule has 0 atom stereocenters. The lowest BCUT2D eigenvalue weighted by Gasteiger charge is -2.21. The van der Waals surface area contributed by atoms with Crippen LogP contribution in [-0.4, -0.2) is 31.2 Å².